The number of hydrogen-bond acceptors (Lipinski definition) is 4. The maximum Gasteiger partial charge on any atom is 0.282 e. The highest BCUT2D eigenvalue weighted by Gasteiger charge is 2.34. The van der Waals surface area contributed by atoms with Crippen LogP contribution in [0.1, 0.15) is 31.9 Å². The third-order valence-corrected chi connectivity index (χ3v) is 5.44. The Morgan fingerprint density at radius 1 is 0.794 bits per heavy atom. The van der Waals surface area contributed by atoms with Crippen LogP contribution < -0.4 is 19.9 Å². The van der Waals surface area contributed by atoms with Gasteiger partial charge in [0.05, 0.1) is 5.69 Å². The lowest BCUT2D eigenvalue weighted by Crippen LogP contribution is -2.35. The Kier molecular flexibility index (Phi) is 6.68. The summed E-state index contributed by atoms with van der Waals surface area (Å²) >= 11 is 0. The predicted molar refractivity (Wildman–Crippen MR) is 133 cm³/mol. The number of hydrazine groups is 1. The molecular formula is C28H28N2O4. The van der Waals surface area contributed by atoms with Crippen LogP contribution in [0, 0.1) is 0 Å². The normalized spacial score (nSPS) is 14.9. The minimum atomic E-state index is -0.429. The average molecular weight is 457 g/mol. The van der Waals surface area contributed by atoms with Crippen molar-refractivity contribution in [3.8, 4) is 11.5 Å². The molecule has 6 nitrogen and oxygen atoms in total. The van der Waals surface area contributed by atoms with Gasteiger partial charge < -0.3 is 9.47 Å². The van der Waals surface area contributed by atoms with E-state index in [0.29, 0.717) is 24.7 Å². The van der Waals surface area contributed by atoms with E-state index >= 15 is 0 Å². The molecule has 1 aliphatic rings. The van der Waals surface area contributed by atoms with Crippen LogP contribution in [0.3, 0.4) is 0 Å². The fraction of sp³-hybridized carbons (Fsp3) is 0.214. The number of nitrogens with zero attached hydrogens (tertiary/aromatic N) is 1. The summed E-state index contributed by atoms with van der Waals surface area (Å²) in [5, 5.41) is 1.25. The number of benzene rings is 3. The zero-order valence-electron chi connectivity index (χ0n) is 19.6. The van der Waals surface area contributed by atoms with Crippen molar-refractivity contribution in [2.75, 3.05) is 18.2 Å². The number of nitrogens with one attached hydrogen (secondary N) is 1. The number of carbonyl (C=O) groups excluding carboxylic acids is 2. The lowest BCUT2D eigenvalue weighted by Gasteiger charge is -2.19. The van der Waals surface area contributed by atoms with Crippen molar-refractivity contribution in [1.82, 2.24) is 5.43 Å². The van der Waals surface area contributed by atoms with Gasteiger partial charge in [0.1, 0.15) is 30.3 Å². The molecule has 0 saturated carbocycles. The fourth-order valence-electron chi connectivity index (χ4n) is 3.51. The second kappa shape index (κ2) is 9.83. The van der Waals surface area contributed by atoms with Crippen LogP contribution in [0.25, 0.3) is 6.08 Å². The molecule has 174 valence electrons. The molecule has 3 aromatic carbocycles. The van der Waals surface area contributed by atoms with E-state index in [-0.39, 0.29) is 16.9 Å². The number of ether oxygens (including phenoxy) is 2. The minimum Gasteiger partial charge on any atom is -0.490 e. The molecule has 1 N–H and O–H groups in total. The van der Waals surface area contributed by atoms with Crippen LogP contribution >= 0.6 is 0 Å². The summed E-state index contributed by atoms with van der Waals surface area (Å²) in [6.07, 6.45) is 1.58. The summed E-state index contributed by atoms with van der Waals surface area (Å²) in [6.45, 7) is 7.35. The van der Waals surface area contributed by atoms with E-state index in [1.54, 1.807) is 42.5 Å². The molecule has 2 amide bonds. The van der Waals surface area contributed by atoms with Gasteiger partial charge in [-0.3, -0.25) is 15.0 Å². The Morgan fingerprint density at radius 3 is 1.91 bits per heavy atom. The largest absolute Gasteiger partial charge is 0.490 e. The third-order valence-electron chi connectivity index (χ3n) is 5.44. The summed E-state index contributed by atoms with van der Waals surface area (Å²) in [7, 11) is 0. The molecule has 34 heavy (non-hydrogen) atoms. The predicted octanol–water partition coefficient (Wildman–Crippen LogP) is 4.90. The maximum atomic E-state index is 12.7. The van der Waals surface area contributed by atoms with Gasteiger partial charge in [-0.15, -0.1) is 0 Å². The van der Waals surface area contributed by atoms with Crippen molar-refractivity contribution in [1.29, 1.82) is 0 Å². The van der Waals surface area contributed by atoms with Crippen molar-refractivity contribution in [2.24, 2.45) is 0 Å². The highest BCUT2D eigenvalue weighted by molar-refractivity contribution is 6.31. The molecule has 6 heteroatoms. The zero-order valence-corrected chi connectivity index (χ0v) is 19.6. The van der Waals surface area contributed by atoms with Crippen LogP contribution in [0.4, 0.5) is 5.69 Å². The van der Waals surface area contributed by atoms with Gasteiger partial charge in [-0.1, -0.05) is 63.2 Å². The third kappa shape index (κ3) is 5.46. The van der Waals surface area contributed by atoms with Crippen LogP contribution in [-0.2, 0) is 15.0 Å². The molecule has 3 aromatic rings. The van der Waals surface area contributed by atoms with Gasteiger partial charge in [0.15, 0.2) is 0 Å². The molecular weight excluding hydrogens is 428 g/mol. The molecule has 1 saturated heterocycles. The second-order valence-electron chi connectivity index (χ2n) is 9.02. The first-order chi connectivity index (χ1) is 16.3. The van der Waals surface area contributed by atoms with E-state index in [4.69, 9.17) is 9.47 Å². The van der Waals surface area contributed by atoms with Gasteiger partial charge in [-0.05, 0) is 59.0 Å². The molecule has 0 unspecified atom stereocenters. The first-order valence-corrected chi connectivity index (χ1v) is 11.2. The smallest absolute Gasteiger partial charge is 0.282 e. The summed E-state index contributed by atoms with van der Waals surface area (Å²) in [5.74, 6) is 0.677. The van der Waals surface area contributed by atoms with E-state index in [9.17, 15) is 9.59 Å². The van der Waals surface area contributed by atoms with Gasteiger partial charge in [0.2, 0.25) is 0 Å². The van der Waals surface area contributed by atoms with E-state index < -0.39 is 5.91 Å². The second-order valence-corrected chi connectivity index (χ2v) is 9.02. The van der Waals surface area contributed by atoms with Gasteiger partial charge >= 0.3 is 0 Å². The Morgan fingerprint density at radius 2 is 1.35 bits per heavy atom. The first kappa shape index (κ1) is 23.1. The molecule has 1 aliphatic heterocycles. The van der Waals surface area contributed by atoms with E-state index in [1.165, 1.54) is 10.6 Å². The van der Waals surface area contributed by atoms with Crippen LogP contribution in [0.2, 0.25) is 0 Å². The quantitative estimate of drug-likeness (QED) is 0.312. The Hall–Kier alpha value is -4.06. The number of amides is 2. The van der Waals surface area contributed by atoms with Crippen molar-refractivity contribution in [2.45, 2.75) is 26.2 Å². The number of para-hydroxylation sites is 1. The van der Waals surface area contributed by atoms with Crippen LogP contribution in [0.5, 0.6) is 11.5 Å². The zero-order chi connectivity index (χ0) is 24.1. The van der Waals surface area contributed by atoms with Gasteiger partial charge in [-0.2, -0.15) is 0 Å². The number of hydrogen-bond donors (Lipinski definition) is 1. The van der Waals surface area contributed by atoms with Crippen LogP contribution in [-0.4, -0.2) is 25.0 Å². The van der Waals surface area contributed by atoms with Crippen molar-refractivity contribution < 1.29 is 19.1 Å². The van der Waals surface area contributed by atoms with E-state index in [1.807, 2.05) is 30.3 Å². The molecule has 0 spiro atoms. The Balaban J connectivity index is 1.30. The molecule has 0 aromatic heterocycles. The maximum absolute atomic E-state index is 12.7. The number of anilines is 1. The highest BCUT2D eigenvalue weighted by Crippen LogP contribution is 2.25. The average Bonchev–Trinajstić information content (AvgIpc) is 3.11. The number of rotatable bonds is 7. The summed E-state index contributed by atoms with van der Waals surface area (Å²) < 4.78 is 11.5. The van der Waals surface area contributed by atoms with E-state index in [2.05, 4.69) is 38.3 Å². The summed E-state index contributed by atoms with van der Waals surface area (Å²) in [4.78, 5) is 25.0. The van der Waals surface area contributed by atoms with Gasteiger partial charge in [-0.25, -0.2) is 5.01 Å². The summed E-state index contributed by atoms with van der Waals surface area (Å²) in [6, 6.07) is 24.3. The molecule has 0 aliphatic carbocycles. The molecule has 0 bridgehead atoms. The summed E-state index contributed by atoms with van der Waals surface area (Å²) in [5.41, 5.74) is 5.40. The van der Waals surface area contributed by atoms with Crippen molar-refractivity contribution in [3.05, 3.63) is 95.6 Å². The lowest BCUT2D eigenvalue weighted by molar-refractivity contribution is -0.117. The first-order valence-electron chi connectivity index (χ1n) is 11.2. The SMILES string of the molecule is CC(C)(C)c1ccc(OCCOc2ccc(/C=C3/C(=O)NN(c4ccccc4)C3=O)cc2)cc1. The fourth-order valence-corrected chi connectivity index (χ4v) is 3.51. The lowest BCUT2D eigenvalue weighted by atomic mass is 9.87. The molecule has 0 atom stereocenters. The molecule has 1 fully saturated rings. The van der Waals surface area contributed by atoms with Gasteiger partial charge in [0.25, 0.3) is 11.8 Å². The van der Waals surface area contributed by atoms with Gasteiger partial charge in [0, 0.05) is 0 Å². The monoisotopic (exact) mass is 456 g/mol. The van der Waals surface area contributed by atoms with Crippen molar-refractivity contribution >= 4 is 23.6 Å². The molecule has 4 rings (SSSR count). The van der Waals surface area contributed by atoms with E-state index in [0.717, 1.165) is 11.3 Å². The topological polar surface area (TPSA) is 67.9 Å². The minimum absolute atomic E-state index is 0.0865. The van der Waals surface area contributed by atoms with Crippen molar-refractivity contribution in [3.63, 3.8) is 0 Å². The number of carbonyl (C=O) groups is 2. The Labute approximate surface area is 199 Å². The highest BCUT2D eigenvalue weighted by atomic mass is 16.5. The Bertz CT molecular complexity index is 1180. The molecule has 1 heterocycles. The van der Waals surface area contributed by atoms with Crippen LogP contribution in [0.15, 0.2) is 84.4 Å². The standard InChI is InChI=1S/C28H28N2O4/c1-28(2,3)21-11-15-24(16-12-21)34-18-17-33-23-13-9-20(10-14-23)19-25-26(31)29-30(27(25)32)22-7-5-4-6-8-22/h4-16,19H,17-18H2,1-3H3,(H,29,31)/b25-19-. The molecule has 0 radical (unpaired) electrons.